The molecule has 2 aromatic rings. The molecule has 176 valence electrons. The third-order valence-electron chi connectivity index (χ3n) is 6.77. The Hall–Kier alpha value is -1.84. The lowest BCUT2D eigenvalue weighted by Gasteiger charge is -2.43. The van der Waals surface area contributed by atoms with E-state index in [1.165, 1.54) is 6.20 Å². The molecule has 2 aliphatic heterocycles. The number of fused-ring (bicyclic) bond motifs is 1. The van der Waals surface area contributed by atoms with Gasteiger partial charge >= 0.3 is 6.01 Å². The molecule has 0 amide bonds. The quantitative estimate of drug-likeness (QED) is 0.672. The first-order valence-electron chi connectivity index (χ1n) is 11.0. The minimum absolute atomic E-state index is 0.00550. The van der Waals surface area contributed by atoms with Gasteiger partial charge in [0.1, 0.15) is 11.3 Å². The lowest BCUT2D eigenvalue weighted by atomic mass is 9.73. The molecule has 2 aromatic heterocycles. The molecule has 3 atom stereocenters. The summed E-state index contributed by atoms with van der Waals surface area (Å²) in [5.74, 6) is -0.432. The lowest BCUT2D eigenvalue weighted by molar-refractivity contribution is 0.000293. The van der Waals surface area contributed by atoms with Gasteiger partial charge in [-0.1, -0.05) is 18.5 Å². The predicted molar refractivity (Wildman–Crippen MR) is 120 cm³/mol. The Morgan fingerprint density at radius 2 is 2.06 bits per heavy atom. The van der Waals surface area contributed by atoms with Crippen molar-refractivity contribution in [1.82, 2.24) is 19.9 Å². The summed E-state index contributed by atoms with van der Waals surface area (Å²) >= 11 is 5.91. The second kappa shape index (κ2) is 8.83. The molecule has 0 radical (unpaired) electrons. The monoisotopic (exact) mass is 469 g/mol. The van der Waals surface area contributed by atoms with Crippen LogP contribution in [-0.4, -0.2) is 77.1 Å². The molecular formula is C22H30ClF2N5O2. The second-order valence-corrected chi connectivity index (χ2v) is 10.2. The maximum atomic E-state index is 14.9. The molecule has 4 heterocycles. The summed E-state index contributed by atoms with van der Waals surface area (Å²) in [7, 11) is 2.00. The Balaban J connectivity index is 1.69. The second-order valence-electron chi connectivity index (χ2n) is 9.80. The van der Waals surface area contributed by atoms with E-state index in [-0.39, 0.29) is 29.2 Å². The fraction of sp³-hybridized carbons (Fsp3) is 0.682. The highest BCUT2D eigenvalue weighted by atomic mass is 35.5. The molecule has 32 heavy (non-hydrogen) atoms. The summed E-state index contributed by atoms with van der Waals surface area (Å²) in [6.07, 6.45) is 3.63. The number of alkyl halides is 1. The summed E-state index contributed by atoms with van der Waals surface area (Å²) in [5, 5.41) is 10.7. The average Bonchev–Trinajstić information content (AvgIpc) is 2.74. The van der Waals surface area contributed by atoms with Gasteiger partial charge in [-0.25, -0.2) is 9.37 Å². The van der Waals surface area contributed by atoms with Gasteiger partial charge in [-0.3, -0.25) is 4.39 Å². The molecule has 7 nitrogen and oxygen atoms in total. The number of aromatic nitrogens is 3. The van der Waals surface area contributed by atoms with E-state index >= 15 is 0 Å². The highest BCUT2D eigenvalue weighted by Gasteiger charge is 2.40. The number of anilines is 1. The Labute approximate surface area is 191 Å². The van der Waals surface area contributed by atoms with Crippen LogP contribution < -0.4 is 9.64 Å². The van der Waals surface area contributed by atoms with Crippen molar-refractivity contribution in [2.75, 3.05) is 51.4 Å². The van der Waals surface area contributed by atoms with Gasteiger partial charge < -0.3 is 19.6 Å². The summed E-state index contributed by atoms with van der Waals surface area (Å²) in [4.78, 5) is 16.8. The molecule has 10 heteroatoms. The standard InChI is InChI=1S/C22H30ClF2N5O2/c1-21(11-29(3)8-5-14(21)9-24)13-32-20-27-17-15(10-26-18(23)16(17)25)19(28-20)30-7-4-6-22(2,31)12-30/h10,14,31H,4-9,11-13H2,1-3H3/t14-,21+,22?/m1/s1. The van der Waals surface area contributed by atoms with Crippen LogP contribution in [0.2, 0.25) is 5.15 Å². The maximum Gasteiger partial charge on any atom is 0.319 e. The van der Waals surface area contributed by atoms with Gasteiger partial charge in [0, 0.05) is 31.2 Å². The molecule has 0 spiro atoms. The summed E-state index contributed by atoms with van der Waals surface area (Å²) in [5.41, 5.74) is -1.30. The van der Waals surface area contributed by atoms with E-state index in [2.05, 4.69) is 19.9 Å². The topological polar surface area (TPSA) is 74.6 Å². The molecule has 1 N–H and O–H groups in total. The third-order valence-corrected chi connectivity index (χ3v) is 7.03. The summed E-state index contributed by atoms with van der Waals surface area (Å²) in [6, 6.07) is 0.00550. The molecule has 4 rings (SSSR count). The fourth-order valence-corrected chi connectivity index (χ4v) is 5.05. The average molecular weight is 470 g/mol. The van der Waals surface area contributed by atoms with E-state index in [1.54, 1.807) is 6.92 Å². The van der Waals surface area contributed by atoms with Gasteiger partial charge in [0.05, 0.1) is 24.3 Å². The molecule has 0 saturated carbocycles. The molecule has 1 unspecified atom stereocenters. The summed E-state index contributed by atoms with van der Waals surface area (Å²) in [6.45, 7) is 6.07. The van der Waals surface area contributed by atoms with Crippen molar-refractivity contribution in [2.24, 2.45) is 11.3 Å². The first-order chi connectivity index (χ1) is 15.1. The van der Waals surface area contributed by atoms with Gasteiger partial charge in [-0.2, -0.15) is 9.97 Å². The Morgan fingerprint density at radius 3 is 2.78 bits per heavy atom. The molecular weight excluding hydrogens is 440 g/mol. The van der Waals surface area contributed by atoms with Crippen LogP contribution in [-0.2, 0) is 0 Å². The van der Waals surface area contributed by atoms with Gasteiger partial charge in [0.2, 0.25) is 0 Å². The number of hydrogen-bond acceptors (Lipinski definition) is 7. The van der Waals surface area contributed by atoms with E-state index in [0.29, 0.717) is 37.3 Å². The van der Waals surface area contributed by atoms with E-state index in [4.69, 9.17) is 16.3 Å². The summed E-state index contributed by atoms with van der Waals surface area (Å²) < 4.78 is 34.5. The van der Waals surface area contributed by atoms with Gasteiger partial charge in [-0.05, 0) is 45.7 Å². The van der Waals surface area contributed by atoms with Crippen molar-refractivity contribution in [1.29, 1.82) is 0 Å². The van der Waals surface area contributed by atoms with Crippen molar-refractivity contribution in [3.8, 4) is 6.01 Å². The van der Waals surface area contributed by atoms with Crippen molar-refractivity contribution in [3.05, 3.63) is 17.2 Å². The first kappa shape index (κ1) is 23.3. The highest BCUT2D eigenvalue weighted by Crippen LogP contribution is 2.37. The van der Waals surface area contributed by atoms with Crippen LogP contribution in [0, 0.1) is 17.2 Å². The number of piperidine rings is 2. The molecule has 2 saturated heterocycles. The number of hydrogen-bond donors (Lipinski definition) is 1. The molecule has 0 aromatic carbocycles. The number of likely N-dealkylation sites (tertiary alicyclic amines) is 1. The molecule has 2 fully saturated rings. The molecule has 2 aliphatic rings. The normalized spacial score (nSPS) is 29.5. The Bertz CT molecular complexity index is 994. The number of nitrogens with zero attached hydrogens (tertiary/aromatic N) is 5. The SMILES string of the molecule is CN1CC[C@H](CF)[C@](C)(COc2nc(N3CCCC(C)(O)C3)c3cnc(Cl)c(F)c3n2)C1. The van der Waals surface area contributed by atoms with E-state index in [1.807, 2.05) is 18.9 Å². The van der Waals surface area contributed by atoms with Gasteiger partial charge in [0.15, 0.2) is 11.0 Å². The number of aliphatic hydroxyl groups is 1. The third kappa shape index (κ3) is 4.61. The predicted octanol–water partition coefficient (Wildman–Crippen LogP) is 3.47. The minimum Gasteiger partial charge on any atom is -0.463 e. The number of rotatable bonds is 5. The first-order valence-corrected chi connectivity index (χ1v) is 11.4. The molecule has 0 aliphatic carbocycles. The van der Waals surface area contributed by atoms with E-state index in [9.17, 15) is 13.9 Å². The van der Waals surface area contributed by atoms with Crippen LogP contribution in [0.15, 0.2) is 6.20 Å². The van der Waals surface area contributed by atoms with Crippen molar-refractivity contribution >= 4 is 28.3 Å². The van der Waals surface area contributed by atoms with Crippen LogP contribution in [0.25, 0.3) is 10.9 Å². The number of pyridine rings is 1. The van der Waals surface area contributed by atoms with Gasteiger partial charge in [-0.15, -0.1) is 0 Å². The number of halogens is 3. The van der Waals surface area contributed by atoms with Gasteiger partial charge in [0.25, 0.3) is 0 Å². The smallest absolute Gasteiger partial charge is 0.319 e. The zero-order chi connectivity index (χ0) is 23.1. The van der Waals surface area contributed by atoms with Crippen LogP contribution >= 0.6 is 11.6 Å². The molecule has 0 bridgehead atoms. The fourth-order valence-electron chi connectivity index (χ4n) is 4.91. The van der Waals surface area contributed by atoms with E-state index < -0.39 is 23.5 Å². The largest absolute Gasteiger partial charge is 0.463 e. The zero-order valence-electron chi connectivity index (χ0n) is 18.7. The van der Waals surface area contributed by atoms with Crippen molar-refractivity contribution in [2.45, 2.75) is 38.7 Å². The van der Waals surface area contributed by atoms with Crippen LogP contribution in [0.1, 0.15) is 33.1 Å². The number of ether oxygens (including phenoxy) is 1. The Morgan fingerprint density at radius 1 is 1.28 bits per heavy atom. The van der Waals surface area contributed by atoms with Crippen LogP contribution in [0.4, 0.5) is 14.6 Å². The number of β-amino-alcohol motifs (C(OH)–C–C–N with tert-alkyl or cyclic N) is 1. The van der Waals surface area contributed by atoms with Crippen LogP contribution in [0.5, 0.6) is 6.01 Å². The Kier molecular flexibility index (Phi) is 6.44. The van der Waals surface area contributed by atoms with Crippen LogP contribution in [0.3, 0.4) is 0 Å². The van der Waals surface area contributed by atoms with E-state index in [0.717, 1.165) is 19.4 Å². The van der Waals surface area contributed by atoms with Crippen molar-refractivity contribution in [3.63, 3.8) is 0 Å². The zero-order valence-corrected chi connectivity index (χ0v) is 19.5. The van der Waals surface area contributed by atoms with Crippen molar-refractivity contribution < 1.29 is 18.6 Å². The lowest BCUT2D eigenvalue weighted by Crippen LogP contribution is -2.49. The highest BCUT2D eigenvalue weighted by molar-refractivity contribution is 6.30. The minimum atomic E-state index is -0.885. The maximum absolute atomic E-state index is 14.9.